The fourth-order valence-corrected chi connectivity index (χ4v) is 2.93. The Bertz CT molecular complexity index is 204. The average Bonchev–Trinajstić information content (AvgIpc) is 2.78. The monoisotopic (exact) mass is 197 g/mol. The Kier molecular flexibility index (Phi) is 2.61. The van der Waals surface area contributed by atoms with Crippen molar-refractivity contribution in [3.05, 3.63) is 0 Å². The molecule has 2 aliphatic rings. The van der Waals surface area contributed by atoms with Crippen LogP contribution >= 0.6 is 0 Å². The van der Waals surface area contributed by atoms with Crippen LogP contribution in [0, 0.1) is 0 Å². The molecule has 2 rings (SSSR count). The van der Waals surface area contributed by atoms with Gasteiger partial charge in [0.15, 0.2) is 0 Å². The van der Waals surface area contributed by atoms with Gasteiger partial charge in [0.05, 0.1) is 26.2 Å². The highest BCUT2D eigenvalue weighted by atomic mass is 15.5. The fourth-order valence-electron chi connectivity index (χ4n) is 2.93. The minimum absolute atomic E-state index is 0.421. The SMILES string of the molecule is CCC(C)(C)N1CC[N+]2(CCCC2)C1. The number of quaternary nitrogens is 1. The Morgan fingerprint density at radius 2 is 1.79 bits per heavy atom. The van der Waals surface area contributed by atoms with Crippen LogP contribution in [0.3, 0.4) is 0 Å². The van der Waals surface area contributed by atoms with Crippen LogP contribution in [-0.4, -0.2) is 47.8 Å². The van der Waals surface area contributed by atoms with Gasteiger partial charge in [0.1, 0.15) is 6.67 Å². The first-order valence-electron chi connectivity index (χ1n) is 6.18. The van der Waals surface area contributed by atoms with E-state index in [0.717, 1.165) is 0 Å². The number of hydrogen-bond donors (Lipinski definition) is 0. The van der Waals surface area contributed by atoms with Gasteiger partial charge in [0.2, 0.25) is 0 Å². The van der Waals surface area contributed by atoms with E-state index >= 15 is 0 Å². The Morgan fingerprint density at radius 3 is 2.36 bits per heavy atom. The minimum atomic E-state index is 0.421. The van der Waals surface area contributed by atoms with Crippen molar-refractivity contribution in [1.82, 2.24) is 4.90 Å². The van der Waals surface area contributed by atoms with Crippen LogP contribution in [0.5, 0.6) is 0 Å². The van der Waals surface area contributed by atoms with Crippen LogP contribution in [0.4, 0.5) is 0 Å². The molecule has 0 amide bonds. The first kappa shape index (κ1) is 10.4. The summed E-state index contributed by atoms with van der Waals surface area (Å²) in [5.74, 6) is 0. The lowest BCUT2D eigenvalue weighted by Crippen LogP contribution is -2.48. The van der Waals surface area contributed by atoms with Gasteiger partial charge in [-0.2, -0.15) is 0 Å². The highest BCUT2D eigenvalue weighted by molar-refractivity contribution is 4.81. The minimum Gasteiger partial charge on any atom is -0.310 e. The molecule has 0 aliphatic carbocycles. The molecular weight excluding hydrogens is 172 g/mol. The number of nitrogens with zero attached hydrogens (tertiary/aromatic N) is 2. The second-order valence-electron chi connectivity index (χ2n) is 5.79. The first-order valence-corrected chi connectivity index (χ1v) is 6.18. The maximum atomic E-state index is 2.71. The Balaban J connectivity index is 2.00. The van der Waals surface area contributed by atoms with Crippen molar-refractivity contribution in [3.63, 3.8) is 0 Å². The molecule has 1 spiro atoms. The number of hydrogen-bond acceptors (Lipinski definition) is 1. The number of rotatable bonds is 2. The molecule has 0 bridgehead atoms. The molecule has 2 aliphatic heterocycles. The van der Waals surface area contributed by atoms with Crippen LogP contribution in [-0.2, 0) is 0 Å². The summed E-state index contributed by atoms with van der Waals surface area (Å²) >= 11 is 0. The van der Waals surface area contributed by atoms with Crippen LogP contribution in [0.25, 0.3) is 0 Å². The molecule has 0 aromatic carbocycles. The van der Waals surface area contributed by atoms with Gasteiger partial charge in [0, 0.05) is 18.4 Å². The zero-order chi connectivity index (χ0) is 10.2. The van der Waals surface area contributed by atoms with Crippen molar-refractivity contribution >= 4 is 0 Å². The summed E-state index contributed by atoms with van der Waals surface area (Å²) in [5, 5.41) is 0. The maximum absolute atomic E-state index is 2.71. The average molecular weight is 197 g/mol. The molecule has 82 valence electrons. The van der Waals surface area contributed by atoms with E-state index in [4.69, 9.17) is 0 Å². The topological polar surface area (TPSA) is 3.24 Å². The van der Waals surface area contributed by atoms with Gasteiger partial charge in [0.25, 0.3) is 0 Å². The second-order valence-corrected chi connectivity index (χ2v) is 5.79. The highest BCUT2D eigenvalue weighted by Gasteiger charge is 2.43. The second kappa shape index (κ2) is 3.49. The quantitative estimate of drug-likeness (QED) is 0.613. The summed E-state index contributed by atoms with van der Waals surface area (Å²) in [7, 11) is 0. The van der Waals surface area contributed by atoms with Crippen molar-refractivity contribution in [1.29, 1.82) is 0 Å². The predicted molar refractivity (Wildman–Crippen MR) is 60.0 cm³/mol. The third-order valence-corrected chi connectivity index (χ3v) is 4.55. The molecule has 0 radical (unpaired) electrons. The lowest BCUT2D eigenvalue weighted by Gasteiger charge is -2.35. The molecule has 0 aromatic heterocycles. The molecule has 0 N–H and O–H groups in total. The fraction of sp³-hybridized carbons (Fsp3) is 1.00. The van der Waals surface area contributed by atoms with Crippen LogP contribution in [0.1, 0.15) is 40.0 Å². The normalized spacial score (nSPS) is 27.6. The van der Waals surface area contributed by atoms with Gasteiger partial charge in [-0.05, 0) is 20.3 Å². The third kappa shape index (κ3) is 1.70. The van der Waals surface area contributed by atoms with Crippen LogP contribution in [0.2, 0.25) is 0 Å². The maximum Gasteiger partial charge on any atom is 0.135 e. The van der Waals surface area contributed by atoms with Gasteiger partial charge in [-0.3, -0.25) is 0 Å². The molecule has 2 nitrogen and oxygen atoms in total. The summed E-state index contributed by atoms with van der Waals surface area (Å²) < 4.78 is 1.41. The van der Waals surface area contributed by atoms with E-state index in [9.17, 15) is 0 Å². The molecule has 2 heterocycles. The summed E-state index contributed by atoms with van der Waals surface area (Å²) in [6, 6.07) is 0. The van der Waals surface area contributed by atoms with E-state index in [1.807, 2.05) is 0 Å². The zero-order valence-electron chi connectivity index (χ0n) is 10.1. The van der Waals surface area contributed by atoms with Crippen LogP contribution in [0.15, 0.2) is 0 Å². The first-order chi connectivity index (χ1) is 6.58. The van der Waals surface area contributed by atoms with E-state index in [-0.39, 0.29) is 0 Å². The van der Waals surface area contributed by atoms with Gasteiger partial charge in [-0.25, -0.2) is 4.90 Å². The molecule has 2 fully saturated rings. The van der Waals surface area contributed by atoms with Gasteiger partial charge < -0.3 is 4.48 Å². The Morgan fingerprint density at radius 1 is 1.14 bits per heavy atom. The molecule has 0 unspecified atom stereocenters. The molecule has 0 aromatic rings. The zero-order valence-corrected chi connectivity index (χ0v) is 10.1. The standard InChI is InChI=1S/C12H25N2/c1-4-12(2,3)13-7-10-14(11-13)8-5-6-9-14/h4-11H2,1-3H3/q+1. The van der Waals surface area contributed by atoms with Crippen molar-refractivity contribution in [2.24, 2.45) is 0 Å². The Labute approximate surface area is 88.5 Å². The Hall–Kier alpha value is -0.0800. The van der Waals surface area contributed by atoms with E-state index in [2.05, 4.69) is 25.7 Å². The molecule has 0 atom stereocenters. The van der Waals surface area contributed by atoms with Crippen molar-refractivity contribution < 1.29 is 4.48 Å². The highest BCUT2D eigenvalue weighted by Crippen LogP contribution is 2.30. The molecule has 0 saturated carbocycles. The summed E-state index contributed by atoms with van der Waals surface area (Å²) in [6.45, 7) is 14.0. The lowest BCUT2D eigenvalue weighted by molar-refractivity contribution is -0.909. The van der Waals surface area contributed by atoms with E-state index in [0.29, 0.717) is 5.54 Å². The molecule has 14 heavy (non-hydrogen) atoms. The predicted octanol–water partition coefficient (Wildman–Crippen LogP) is 2.06. The van der Waals surface area contributed by atoms with Gasteiger partial charge in [-0.1, -0.05) is 6.92 Å². The van der Waals surface area contributed by atoms with Crippen molar-refractivity contribution in [3.8, 4) is 0 Å². The van der Waals surface area contributed by atoms with Gasteiger partial charge >= 0.3 is 0 Å². The van der Waals surface area contributed by atoms with Crippen LogP contribution < -0.4 is 0 Å². The summed E-state index contributed by atoms with van der Waals surface area (Å²) in [6.07, 6.45) is 4.19. The van der Waals surface area contributed by atoms with Crippen molar-refractivity contribution in [2.75, 3.05) is 32.8 Å². The van der Waals surface area contributed by atoms with Crippen molar-refractivity contribution in [2.45, 2.75) is 45.6 Å². The molecule has 2 heteroatoms. The molecule has 2 saturated heterocycles. The van der Waals surface area contributed by atoms with E-state index in [1.54, 1.807) is 0 Å². The smallest absolute Gasteiger partial charge is 0.135 e. The lowest BCUT2D eigenvalue weighted by atomic mass is 10.0. The largest absolute Gasteiger partial charge is 0.310 e. The summed E-state index contributed by atoms with van der Waals surface area (Å²) in [5.41, 5.74) is 0.421. The summed E-state index contributed by atoms with van der Waals surface area (Å²) in [4.78, 5) is 2.71. The third-order valence-electron chi connectivity index (χ3n) is 4.55. The molecular formula is C12H25N2+. The van der Waals surface area contributed by atoms with E-state index < -0.39 is 0 Å². The van der Waals surface area contributed by atoms with Gasteiger partial charge in [-0.15, -0.1) is 0 Å². The van der Waals surface area contributed by atoms with E-state index in [1.165, 1.54) is 56.6 Å².